The second-order valence-electron chi connectivity index (χ2n) is 10.5. The zero-order valence-corrected chi connectivity index (χ0v) is 20.8. The van der Waals surface area contributed by atoms with Gasteiger partial charge in [0.1, 0.15) is 5.82 Å². The highest BCUT2D eigenvalue weighted by atomic mass is 19.1. The summed E-state index contributed by atoms with van der Waals surface area (Å²) in [7, 11) is 1.74. The summed E-state index contributed by atoms with van der Waals surface area (Å²) in [6.45, 7) is 5.13. The smallest absolute Gasteiger partial charge is 0.294 e. The van der Waals surface area contributed by atoms with Crippen molar-refractivity contribution in [1.82, 2.24) is 9.88 Å². The molecule has 2 aliphatic carbocycles. The maximum Gasteiger partial charge on any atom is 0.294 e. The summed E-state index contributed by atoms with van der Waals surface area (Å²) in [5.41, 5.74) is 2.10. The number of ketones is 1. The molecule has 2 amide bonds. The van der Waals surface area contributed by atoms with Gasteiger partial charge < -0.3 is 20.3 Å². The lowest BCUT2D eigenvalue weighted by molar-refractivity contribution is -0.121. The Labute approximate surface area is 205 Å². The summed E-state index contributed by atoms with van der Waals surface area (Å²) in [6.07, 6.45) is 5.35. The normalized spacial score (nSPS) is 22.4. The quantitative estimate of drug-likeness (QED) is 0.421. The van der Waals surface area contributed by atoms with E-state index in [-0.39, 0.29) is 23.3 Å². The molecule has 2 fully saturated rings. The molecule has 1 heterocycles. The lowest BCUT2D eigenvalue weighted by Gasteiger charge is -2.42. The molecule has 0 saturated heterocycles. The minimum atomic E-state index is -0.737. The standard InChI is InChI=1S/C27H34FN3O4/c1-15-12-18(10-11-20(15)28)29-25(34)21-16(2)22(31(4)23(21)17-8-6-5-7-9-17)24(33)26(35)30-27(3)13-19(32)14-27/h10-12,17,19,32H,5-9,13-14H2,1-4H3,(H,29,34)(H,30,35). The largest absolute Gasteiger partial charge is 0.393 e. The molecule has 0 aliphatic heterocycles. The number of benzene rings is 1. The van der Waals surface area contributed by atoms with E-state index in [1.165, 1.54) is 12.1 Å². The highest BCUT2D eigenvalue weighted by Gasteiger charge is 2.42. The molecule has 2 aromatic rings. The number of aliphatic hydroxyl groups is 1. The molecular formula is C27H34FN3O4. The topological polar surface area (TPSA) is 100 Å². The third-order valence-corrected chi connectivity index (χ3v) is 7.53. The van der Waals surface area contributed by atoms with Gasteiger partial charge in [0.05, 0.1) is 17.4 Å². The number of hydrogen-bond acceptors (Lipinski definition) is 4. The first kappa shape index (κ1) is 25.1. The number of rotatable bonds is 6. The third kappa shape index (κ3) is 4.89. The van der Waals surface area contributed by atoms with Crippen LogP contribution in [-0.2, 0) is 11.8 Å². The number of aliphatic hydroxyl groups excluding tert-OH is 1. The second-order valence-corrected chi connectivity index (χ2v) is 10.5. The van der Waals surface area contributed by atoms with Crippen LogP contribution in [-0.4, -0.2) is 38.9 Å². The number of aromatic nitrogens is 1. The van der Waals surface area contributed by atoms with E-state index in [9.17, 15) is 23.9 Å². The highest BCUT2D eigenvalue weighted by Crippen LogP contribution is 2.38. The number of aryl methyl sites for hydroxylation is 1. The van der Waals surface area contributed by atoms with Crippen LogP contribution in [0.5, 0.6) is 0 Å². The Hall–Kier alpha value is -3.00. The maximum atomic E-state index is 13.7. The summed E-state index contributed by atoms with van der Waals surface area (Å²) >= 11 is 0. The first-order chi connectivity index (χ1) is 16.5. The van der Waals surface area contributed by atoms with Crippen LogP contribution in [0.25, 0.3) is 0 Å². The predicted octanol–water partition coefficient (Wildman–Crippen LogP) is 4.29. The second kappa shape index (κ2) is 9.57. The molecule has 0 unspecified atom stereocenters. The van der Waals surface area contributed by atoms with Crippen molar-refractivity contribution in [2.75, 3.05) is 5.32 Å². The van der Waals surface area contributed by atoms with E-state index in [2.05, 4.69) is 10.6 Å². The van der Waals surface area contributed by atoms with Gasteiger partial charge in [-0.2, -0.15) is 0 Å². The molecule has 1 aromatic carbocycles. The molecule has 188 valence electrons. The van der Waals surface area contributed by atoms with Gasteiger partial charge in [-0.15, -0.1) is 0 Å². The molecule has 0 radical (unpaired) electrons. The molecule has 7 nitrogen and oxygen atoms in total. The fraction of sp³-hybridized carbons (Fsp3) is 0.519. The van der Waals surface area contributed by atoms with Gasteiger partial charge in [-0.1, -0.05) is 19.3 Å². The minimum Gasteiger partial charge on any atom is -0.393 e. The molecule has 8 heteroatoms. The van der Waals surface area contributed by atoms with E-state index in [1.807, 2.05) is 0 Å². The van der Waals surface area contributed by atoms with E-state index in [4.69, 9.17) is 0 Å². The molecule has 4 rings (SSSR count). The molecular weight excluding hydrogens is 449 g/mol. The van der Waals surface area contributed by atoms with Crippen molar-refractivity contribution in [2.45, 2.75) is 83.3 Å². The van der Waals surface area contributed by atoms with Gasteiger partial charge in [0, 0.05) is 29.9 Å². The van der Waals surface area contributed by atoms with E-state index >= 15 is 0 Å². The van der Waals surface area contributed by atoms with Gasteiger partial charge in [0.25, 0.3) is 17.6 Å². The monoisotopic (exact) mass is 483 g/mol. The highest BCUT2D eigenvalue weighted by molar-refractivity contribution is 6.43. The first-order valence-corrected chi connectivity index (χ1v) is 12.3. The van der Waals surface area contributed by atoms with Gasteiger partial charge in [-0.25, -0.2) is 4.39 Å². The van der Waals surface area contributed by atoms with E-state index in [0.717, 1.165) is 37.8 Å². The number of Topliss-reactive ketones (excluding diaryl/α,β-unsaturated/α-hetero) is 1. The van der Waals surface area contributed by atoms with Crippen molar-refractivity contribution >= 4 is 23.3 Å². The van der Waals surface area contributed by atoms with Crippen LogP contribution in [0.4, 0.5) is 10.1 Å². The number of nitrogens with zero attached hydrogens (tertiary/aromatic N) is 1. The summed E-state index contributed by atoms with van der Waals surface area (Å²) in [5.74, 6) is -2.06. The van der Waals surface area contributed by atoms with Gasteiger partial charge in [-0.3, -0.25) is 14.4 Å². The number of carbonyl (C=O) groups is 3. The Morgan fingerprint density at radius 3 is 2.37 bits per heavy atom. The van der Waals surface area contributed by atoms with Crippen LogP contribution in [0.3, 0.4) is 0 Å². The Bertz CT molecular complexity index is 1170. The average Bonchev–Trinajstić information content (AvgIpc) is 3.05. The van der Waals surface area contributed by atoms with Gasteiger partial charge in [0.2, 0.25) is 0 Å². The Morgan fingerprint density at radius 2 is 1.77 bits per heavy atom. The lowest BCUT2D eigenvalue weighted by atomic mass is 9.76. The van der Waals surface area contributed by atoms with Crippen LogP contribution >= 0.6 is 0 Å². The SMILES string of the molecule is Cc1cc(NC(=O)c2c(C)c(C(=O)C(=O)NC3(C)CC(O)C3)n(C)c2C2CCCCC2)ccc1F. The molecule has 2 aliphatic rings. The Kier molecular flexibility index (Phi) is 6.86. The molecule has 2 saturated carbocycles. The van der Waals surface area contributed by atoms with Gasteiger partial charge in [0.15, 0.2) is 0 Å². The average molecular weight is 484 g/mol. The lowest BCUT2D eigenvalue weighted by Crippen LogP contribution is -2.58. The van der Waals surface area contributed by atoms with Crippen LogP contribution in [0.2, 0.25) is 0 Å². The number of carbonyl (C=O) groups excluding carboxylic acids is 3. The van der Waals surface area contributed by atoms with Crippen molar-refractivity contribution in [3.63, 3.8) is 0 Å². The fourth-order valence-corrected chi connectivity index (χ4v) is 5.75. The fourth-order valence-electron chi connectivity index (χ4n) is 5.75. The molecule has 3 N–H and O–H groups in total. The molecule has 0 spiro atoms. The number of halogens is 1. The van der Waals surface area contributed by atoms with Crippen molar-refractivity contribution in [3.8, 4) is 0 Å². The molecule has 0 bridgehead atoms. The number of nitrogens with one attached hydrogen (secondary N) is 2. The van der Waals surface area contributed by atoms with Crippen LogP contribution in [0, 0.1) is 19.7 Å². The minimum absolute atomic E-state index is 0.104. The van der Waals surface area contributed by atoms with E-state index in [1.54, 1.807) is 38.5 Å². The number of amides is 2. The molecule has 1 aromatic heterocycles. The zero-order valence-electron chi connectivity index (χ0n) is 20.8. The maximum absolute atomic E-state index is 13.7. The molecule has 0 atom stereocenters. The number of hydrogen-bond donors (Lipinski definition) is 3. The van der Waals surface area contributed by atoms with Crippen LogP contribution < -0.4 is 10.6 Å². The van der Waals surface area contributed by atoms with Crippen LogP contribution in [0.15, 0.2) is 18.2 Å². The summed E-state index contributed by atoms with van der Waals surface area (Å²) in [5, 5.41) is 15.3. The van der Waals surface area contributed by atoms with Gasteiger partial charge >= 0.3 is 0 Å². The van der Waals surface area contributed by atoms with E-state index < -0.39 is 23.3 Å². The first-order valence-electron chi connectivity index (χ1n) is 12.3. The predicted molar refractivity (Wildman–Crippen MR) is 131 cm³/mol. The summed E-state index contributed by atoms with van der Waals surface area (Å²) < 4.78 is 15.4. The Balaban J connectivity index is 1.70. The van der Waals surface area contributed by atoms with Crippen molar-refractivity contribution in [3.05, 3.63) is 52.1 Å². The zero-order chi connectivity index (χ0) is 25.5. The summed E-state index contributed by atoms with van der Waals surface area (Å²) in [4.78, 5) is 39.7. The van der Waals surface area contributed by atoms with Crippen LogP contribution in [0.1, 0.15) is 95.5 Å². The van der Waals surface area contributed by atoms with Crippen molar-refractivity contribution in [1.29, 1.82) is 0 Å². The third-order valence-electron chi connectivity index (χ3n) is 7.53. The Morgan fingerprint density at radius 1 is 1.11 bits per heavy atom. The summed E-state index contributed by atoms with van der Waals surface area (Å²) in [6, 6.07) is 4.38. The van der Waals surface area contributed by atoms with E-state index in [0.29, 0.717) is 35.2 Å². The number of anilines is 1. The van der Waals surface area contributed by atoms with Crippen molar-refractivity contribution < 1.29 is 23.9 Å². The van der Waals surface area contributed by atoms with Crippen molar-refractivity contribution in [2.24, 2.45) is 7.05 Å². The van der Waals surface area contributed by atoms with Gasteiger partial charge in [-0.05, 0) is 75.8 Å². The molecule has 35 heavy (non-hydrogen) atoms.